The van der Waals surface area contributed by atoms with Gasteiger partial charge >= 0.3 is 0 Å². The second-order valence-electron chi connectivity index (χ2n) is 4.59. The smallest absolute Gasteiger partial charge is 0.165 e. The molecule has 0 bridgehead atoms. The van der Waals surface area contributed by atoms with Crippen molar-refractivity contribution < 1.29 is 9.47 Å². The van der Waals surface area contributed by atoms with Crippen molar-refractivity contribution in [2.45, 2.75) is 12.6 Å². The molecule has 1 saturated heterocycles. The van der Waals surface area contributed by atoms with E-state index in [4.69, 9.17) is 9.47 Å². The molecule has 1 aromatic carbocycles. The van der Waals surface area contributed by atoms with Gasteiger partial charge in [-0.25, -0.2) is 0 Å². The summed E-state index contributed by atoms with van der Waals surface area (Å²) in [5.41, 5.74) is 1.23. The van der Waals surface area contributed by atoms with Crippen molar-refractivity contribution in [1.29, 1.82) is 0 Å². The predicted molar refractivity (Wildman–Crippen MR) is 65.6 cm³/mol. The van der Waals surface area contributed by atoms with Crippen molar-refractivity contribution in [3.05, 3.63) is 23.8 Å². The predicted octanol–water partition coefficient (Wildman–Crippen LogP) is 0.861. The van der Waals surface area contributed by atoms with Crippen molar-refractivity contribution in [2.24, 2.45) is 0 Å². The molecule has 0 aromatic heterocycles. The number of para-hydroxylation sites is 1. The zero-order chi connectivity index (χ0) is 11.7. The lowest BCUT2D eigenvalue weighted by Gasteiger charge is -2.33. The minimum absolute atomic E-state index is 0.473. The number of hydrogen-bond acceptors (Lipinski definition) is 4. The number of methoxy groups -OCH3 is 1. The molecule has 4 nitrogen and oxygen atoms in total. The SMILES string of the molecule is COc1cccc2c1OCC1CNCCN1C2. The summed E-state index contributed by atoms with van der Waals surface area (Å²) in [5.74, 6) is 1.76. The minimum atomic E-state index is 0.473. The zero-order valence-electron chi connectivity index (χ0n) is 10.1. The topological polar surface area (TPSA) is 33.7 Å². The van der Waals surface area contributed by atoms with Crippen LogP contribution in [0.1, 0.15) is 5.56 Å². The van der Waals surface area contributed by atoms with Crippen LogP contribution in [-0.2, 0) is 6.54 Å². The van der Waals surface area contributed by atoms with Gasteiger partial charge in [-0.05, 0) is 6.07 Å². The molecule has 0 amide bonds. The summed E-state index contributed by atoms with van der Waals surface area (Å²) in [6.45, 7) is 4.86. The summed E-state index contributed by atoms with van der Waals surface area (Å²) in [4.78, 5) is 2.49. The van der Waals surface area contributed by atoms with Gasteiger partial charge in [0.15, 0.2) is 11.5 Å². The van der Waals surface area contributed by atoms with Crippen LogP contribution in [-0.4, -0.2) is 44.3 Å². The molecule has 92 valence electrons. The lowest BCUT2D eigenvalue weighted by Crippen LogP contribution is -2.52. The molecule has 0 saturated carbocycles. The van der Waals surface area contributed by atoms with Gasteiger partial charge in [0.25, 0.3) is 0 Å². The lowest BCUT2D eigenvalue weighted by molar-refractivity contribution is 0.119. The van der Waals surface area contributed by atoms with Crippen LogP contribution in [0, 0.1) is 0 Å². The largest absolute Gasteiger partial charge is 0.493 e. The number of fused-ring (bicyclic) bond motifs is 2. The van der Waals surface area contributed by atoms with E-state index in [1.807, 2.05) is 12.1 Å². The number of rotatable bonds is 1. The monoisotopic (exact) mass is 234 g/mol. The van der Waals surface area contributed by atoms with E-state index < -0.39 is 0 Å². The molecule has 0 aliphatic carbocycles. The zero-order valence-corrected chi connectivity index (χ0v) is 10.1. The highest BCUT2D eigenvalue weighted by Gasteiger charge is 2.28. The highest BCUT2D eigenvalue weighted by Crippen LogP contribution is 2.34. The summed E-state index contributed by atoms with van der Waals surface area (Å²) in [6, 6.07) is 6.59. The normalized spacial score (nSPS) is 24.2. The Labute approximate surface area is 102 Å². The maximum Gasteiger partial charge on any atom is 0.165 e. The Hall–Kier alpha value is -1.26. The Bertz CT molecular complexity index is 408. The third-order valence-electron chi connectivity index (χ3n) is 3.55. The number of ether oxygens (including phenoxy) is 2. The van der Waals surface area contributed by atoms with Crippen molar-refractivity contribution in [3.8, 4) is 11.5 Å². The fraction of sp³-hybridized carbons (Fsp3) is 0.538. The molecule has 4 heteroatoms. The van der Waals surface area contributed by atoms with Crippen LogP contribution in [0.5, 0.6) is 11.5 Å². The molecule has 1 fully saturated rings. The Morgan fingerprint density at radius 2 is 2.41 bits per heavy atom. The molecule has 3 rings (SSSR count). The highest BCUT2D eigenvalue weighted by molar-refractivity contribution is 5.47. The average Bonchev–Trinajstić information content (AvgIpc) is 2.57. The van der Waals surface area contributed by atoms with E-state index in [2.05, 4.69) is 16.3 Å². The molecular weight excluding hydrogens is 216 g/mol. The molecule has 0 spiro atoms. The molecule has 2 aliphatic rings. The van der Waals surface area contributed by atoms with Crippen molar-refractivity contribution in [1.82, 2.24) is 10.2 Å². The van der Waals surface area contributed by atoms with E-state index in [1.165, 1.54) is 5.56 Å². The van der Waals surface area contributed by atoms with Gasteiger partial charge in [0.05, 0.1) is 13.2 Å². The second-order valence-corrected chi connectivity index (χ2v) is 4.59. The van der Waals surface area contributed by atoms with Gasteiger partial charge < -0.3 is 14.8 Å². The Kier molecular flexibility index (Phi) is 2.91. The first-order valence-electron chi connectivity index (χ1n) is 6.12. The van der Waals surface area contributed by atoms with Crippen molar-refractivity contribution in [2.75, 3.05) is 33.4 Å². The molecule has 0 radical (unpaired) electrons. The van der Waals surface area contributed by atoms with Crippen molar-refractivity contribution >= 4 is 0 Å². The summed E-state index contributed by atoms with van der Waals surface area (Å²) >= 11 is 0. The first-order valence-corrected chi connectivity index (χ1v) is 6.12. The van der Waals surface area contributed by atoms with Crippen molar-refractivity contribution in [3.63, 3.8) is 0 Å². The van der Waals surface area contributed by atoms with E-state index in [-0.39, 0.29) is 0 Å². The molecule has 17 heavy (non-hydrogen) atoms. The fourth-order valence-electron chi connectivity index (χ4n) is 2.58. The molecule has 2 aliphatic heterocycles. The quantitative estimate of drug-likeness (QED) is 0.781. The summed E-state index contributed by atoms with van der Waals surface area (Å²) < 4.78 is 11.3. The number of nitrogens with zero attached hydrogens (tertiary/aromatic N) is 1. The van der Waals surface area contributed by atoms with E-state index in [0.29, 0.717) is 6.04 Å². The van der Waals surface area contributed by atoms with E-state index in [9.17, 15) is 0 Å². The number of hydrogen-bond donors (Lipinski definition) is 1. The highest BCUT2D eigenvalue weighted by atomic mass is 16.5. The number of benzene rings is 1. The van der Waals surface area contributed by atoms with E-state index >= 15 is 0 Å². The van der Waals surface area contributed by atoms with Crippen LogP contribution in [0.2, 0.25) is 0 Å². The minimum Gasteiger partial charge on any atom is -0.493 e. The third kappa shape index (κ3) is 1.98. The molecular formula is C13H18N2O2. The van der Waals surface area contributed by atoms with Gasteiger partial charge in [-0.2, -0.15) is 0 Å². The second kappa shape index (κ2) is 4.55. The maximum atomic E-state index is 5.93. The van der Waals surface area contributed by atoms with Crippen LogP contribution in [0.15, 0.2) is 18.2 Å². The van der Waals surface area contributed by atoms with E-state index in [1.54, 1.807) is 7.11 Å². The van der Waals surface area contributed by atoms with Crippen LogP contribution < -0.4 is 14.8 Å². The fourth-order valence-corrected chi connectivity index (χ4v) is 2.58. The van der Waals surface area contributed by atoms with E-state index in [0.717, 1.165) is 44.3 Å². The molecule has 2 heterocycles. The number of piperazine rings is 1. The van der Waals surface area contributed by atoms with Gasteiger partial charge in [0, 0.05) is 31.7 Å². The molecule has 1 atom stereocenters. The maximum absolute atomic E-state index is 5.93. The Balaban J connectivity index is 1.92. The van der Waals surface area contributed by atoms with Gasteiger partial charge in [-0.1, -0.05) is 12.1 Å². The van der Waals surface area contributed by atoms with Crippen LogP contribution in [0.4, 0.5) is 0 Å². The summed E-state index contributed by atoms with van der Waals surface area (Å²) in [7, 11) is 1.69. The van der Waals surface area contributed by atoms with Gasteiger partial charge in [0.1, 0.15) is 6.61 Å². The Morgan fingerprint density at radius 3 is 3.29 bits per heavy atom. The van der Waals surface area contributed by atoms with Gasteiger partial charge in [-0.15, -0.1) is 0 Å². The summed E-state index contributed by atoms with van der Waals surface area (Å²) in [6.07, 6.45) is 0. The summed E-state index contributed by atoms with van der Waals surface area (Å²) in [5, 5.41) is 3.41. The molecule has 1 aromatic rings. The average molecular weight is 234 g/mol. The standard InChI is InChI=1S/C13H18N2O2/c1-16-12-4-2-3-10-8-15-6-5-14-7-11(15)9-17-13(10)12/h2-4,11,14H,5-9H2,1H3. The van der Waals surface area contributed by atoms with Gasteiger partial charge in [-0.3, -0.25) is 4.90 Å². The van der Waals surface area contributed by atoms with Crippen LogP contribution >= 0.6 is 0 Å². The Morgan fingerprint density at radius 1 is 1.47 bits per heavy atom. The van der Waals surface area contributed by atoms with Crippen LogP contribution in [0.25, 0.3) is 0 Å². The molecule has 1 N–H and O–H groups in total. The number of nitrogens with one attached hydrogen (secondary N) is 1. The van der Waals surface area contributed by atoms with Gasteiger partial charge in [0.2, 0.25) is 0 Å². The third-order valence-corrected chi connectivity index (χ3v) is 3.55. The first-order chi connectivity index (χ1) is 8.38. The lowest BCUT2D eigenvalue weighted by atomic mass is 10.1. The molecule has 1 unspecified atom stereocenters. The first kappa shape index (κ1) is 10.9. The van der Waals surface area contributed by atoms with Crippen LogP contribution in [0.3, 0.4) is 0 Å².